The summed E-state index contributed by atoms with van der Waals surface area (Å²) in [6, 6.07) is 1.82. The Labute approximate surface area is 88.5 Å². The van der Waals surface area contributed by atoms with Crippen LogP contribution in [-0.2, 0) is 11.2 Å². The van der Waals surface area contributed by atoms with E-state index in [0.717, 1.165) is 37.6 Å². The van der Waals surface area contributed by atoms with Crippen molar-refractivity contribution in [3.63, 3.8) is 0 Å². The maximum atomic E-state index is 5.92. The van der Waals surface area contributed by atoms with E-state index >= 15 is 0 Å². The summed E-state index contributed by atoms with van der Waals surface area (Å²) in [5.74, 6) is 1.17. The highest BCUT2D eigenvalue weighted by Crippen LogP contribution is 2.23. The van der Waals surface area contributed by atoms with E-state index in [-0.39, 0.29) is 0 Å². The van der Waals surface area contributed by atoms with Crippen LogP contribution >= 0.6 is 11.6 Å². The van der Waals surface area contributed by atoms with Gasteiger partial charge in [-0.15, -0.1) is 0 Å². The molecule has 2 rings (SSSR count). The van der Waals surface area contributed by atoms with E-state index in [4.69, 9.17) is 16.3 Å². The molecule has 0 amide bonds. The molecule has 1 aromatic rings. The first-order valence-electron chi connectivity index (χ1n) is 4.90. The van der Waals surface area contributed by atoms with Crippen molar-refractivity contribution >= 4 is 11.6 Å². The van der Waals surface area contributed by atoms with Crippen molar-refractivity contribution in [3.05, 3.63) is 22.7 Å². The van der Waals surface area contributed by atoms with Gasteiger partial charge >= 0.3 is 0 Å². The van der Waals surface area contributed by atoms with Gasteiger partial charge in [-0.25, -0.2) is 9.97 Å². The van der Waals surface area contributed by atoms with E-state index in [2.05, 4.69) is 16.9 Å². The molecule has 1 aliphatic heterocycles. The average Bonchev–Trinajstić information content (AvgIpc) is 2.69. The summed E-state index contributed by atoms with van der Waals surface area (Å²) in [5.41, 5.74) is 1.01. The number of aromatic nitrogens is 2. The monoisotopic (exact) mass is 212 g/mol. The van der Waals surface area contributed by atoms with Gasteiger partial charge in [0.25, 0.3) is 0 Å². The molecule has 0 spiro atoms. The third kappa shape index (κ3) is 2.04. The van der Waals surface area contributed by atoms with Crippen LogP contribution in [0.4, 0.5) is 0 Å². The minimum atomic E-state index is 0.332. The van der Waals surface area contributed by atoms with Crippen molar-refractivity contribution < 1.29 is 4.74 Å². The van der Waals surface area contributed by atoms with Gasteiger partial charge in [-0.3, -0.25) is 0 Å². The summed E-state index contributed by atoms with van der Waals surface area (Å²) in [6.07, 6.45) is 1.90. The minimum Gasteiger partial charge on any atom is -0.381 e. The Morgan fingerprint density at radius 2 is 2.43 bits per heavy atom. The minimum absolute atomic E-state index is 0.332. The van der Waals surface area contributed by atoms with E-state index in [0.29, 0.717) is 11.1 Å². The number of hydrogen-bond donors (Lipinski definition) is 0. The number of nitrogens with zero attached hydrogens (tertiary/aromatic N) is 2. The van der Waals surface area contributed by atoms with Crippen molar-refractivity contribution in [3.8, 4) is 0 Å². The fourth-order valence-electron chi connectivity index (χ4n) is 1.59. The van der Waals surface area contributed by atoms with Crippen LogP contribution in [0, 0.1) is 0 Å². The molecule has 0 N–H and O–H groups in total. The molecule has 3 nitrogen and oxygen atoms in total. The molecule has 4 heteroatoms. The lowest BCUT2D eigenvalue weighted by molar-refractivity contribution is 0.193. The van der Waals surface area contributed by atoms with Crippen LogP contribution in [0.15, 0.2) is 6.07 Å². The molecule has 1 atom stereocenters. The quantitative estimate of drug-likeness (QED) is 0.705. The summed E-state index contributed by atoms with van der Waals surface area (Å²) < 4.78 is 5.30. The van der Waals surface area contributed by atoms with Crippen molar-refractivity contribution in [2.75, 3.05) is 13.2 Å². The molecule has 0 radical (unpaired) electrons. The molecule has 14 heavy (non-hydrogen) atoms. The van der Waals surface area contributed by atoms with Crippen LogP contribution in [0.25, 0.3) is 0 Å². The van der Waals surface area contributed by atoms with Crippen LogP contribution in [0.2, 0.25) is 5.15 Å². The van der Waals surface area contributed by atoms with Gasteiger partial charge in [0, 0.05) is 18.2 Å². The lowest BCUT2D eigenvalue weighted by Crippen LogP contribution is -2.06. The molecule has 0 saturated carbocycles. The van der Waals surface area contributed by atoms with Gasteiger partial charge in [-0.1, -0.05) is 18.5 Å². The summed E-state index contributed by atoms with van der Waals surface area (Å²) in [4.78, 5) is 8.70. The second kappa shape index (κ2) is 4.24. The summed E-state index contributed by atoms with van der Waals surface area (Å²) in [7, 11) is 0. The molecule has 1 saturated heterocycles. The molecule has 2 heterocycles. The first-order valence-corrected chi connectivity index (χ1v) is 5.28. The maximum absolute atomic E-state index is 5.92. The van der Waals surface area contributed by atoms with E-state index in [9.17, 15) is 0 Å². The average molecular weight is 213 g/mol. The molecule has 0 bridgehead atoms. The summed E-state index contributed by atoms with van der Waals surface area (Å²) in [5, 5.41) is 0.541. The highest BCUT2D eigenvalue weighted by Gasteiger charge is 2.21. The third-order valence-corrected chi connectivity index (χ3v) is 2.62. The normalized spacial score (nSPS) is 21.4. The molecule has 1 fully saturated rings. The van der Waals surface area contributed by atoms with Crippen LogP contribution < -0.4 is 0 Å². The van der Waals surface area contributed by atoms with Gasteiger partial charge in [0.05, 0.1) is 6.61 Å². The number of ether oxygens (including phenoxy) is 1. The second-order valence-electron chi connectivity index (χ2n) is 3.45. The number of hydrogen-bond acceptors (Lipinski definition) is 3. The second-order valence-corrected chi connectivity index (χ2v) is 3.84. The third-order valence-electron chi connectivity index (χ3n) is 2.42. The summed E-state index contributed by atoms with van der Waals surface area (Å²) in [6.45, 7) is 3.60. The maximum Gasteiger partial charge on any atom is 0.135 e. The van der Waals surface area contributed by atoms with Crippen molar-refractivity contribution in [2.24, 2.45) is 0 Å². The standard InChI is InChI=1S/C10H13ClN2O/c1-2-8-5-9(11)13-10(12-8)7-3-4-14-6-7/h5,7H,2-4,6H2,1H3. The zero-order chi connectivity index (χ0) is 9.97. The molecule has 1 aliphatic rings. The van der Waals surface area contributed by atoms with E-state index in [1.54, 1.807) is 0 Å². The van der Waals surface area contributed by atoms with Crippen LogP contribution in [-0.4, -0.2) is 23.2 Å². The molecule has 1 unspecified atom stereocenters. The number of halogens is 1. The first-order chi connectivity index (χ1) is 6.79. The highest BCUT2D eigenvalue weighted by atomic mass is 35.5. The number of aryl methyl sites for hydroxylation is 1. The Morgan fingerprint density at radius 3 is 3.07 bits per heavy atom. The van der Waals surface area contributed by atoms with Gasteiger partial charge in [-0.05, 0) is 18.9 Å². The summed E-state index contributed by atoms with van der Waals surface area (Å²) >= 11 is 5.92. The molecular weight excluding hydrogens is 200 g/mol. The Kier molecular flexibility index (Phi) is 2.99. The van der Waals surface area contributed by atoms with Gasteiger partial charge in [0.1, 0.15) is 11.0 Å². The Bertz CT molecular complexity index is 324. The fourth-order valence-corrected chi connectivity index (χ4v) is 1.80. The largest absolute Gasteiger partial charge is 0.381 e. The topological polar surface area (TPSA) is 35.0 Å². The molecule has 1 aromatic heterocycles. The van der Waals surface area contributed by atoms with Crippen LogP contribution in [0.5, 0.6) is 0 Å². The van der Waals surface area contributed by atoms with Gasteiger partial charge in [0.2, 0.25) is 0 Å². The zero-order valence-electron chi connectivity index (χ0n) is 8.16. The predicted octanol–water partition coefficient (Wildman–Crippen LogP) is 2.20. The Hall–Kier alpha value is -0.670. The van der Waals surface area contributed by atoms with Gasteiger partial charge in [0.15, 0.2) is 0 Å². The first kappa shape index (κ1) is 9.87. The van der Waals surface area contributed by atoms with E-state index in [1.165, 1.54) is 0 Å². The van der Waals surface area contributed by atoms with Gasteiger partial charge < -0.3 is 4.74 Å². The van der Waals surface area contributed by atoms with Crippen molar-refractivity contribution in [1.82, 2.24) is 9.97 Å². The lowest BCUT2D eigenvalue weighted by Gasteiger charge is -2.07. The van der Waals surface area contributed by atoms with Crippen molar-refractivity contribution in [1.29, 1.82) is 0 Å². The Morgan fingerprint density at radius 1 is 1.57 bits per heavy atom. The zero-order valence-corrected chi connectivity index (χ0v) is 8.92. The van der Waals surface area contributed by atoms with Gasteiger partial charge in [-0.2, -0.15) is 0 Å². The number of rotatable bonds is 2. The molecule has 0 aliphatic carbocycles. The predicted molar refractivity (Wildman–Crippen MR) is 54.6 cm³/mol. The van der Waals surface area contributed by atoms with Crippen LogP contribution in [0.3, 0.4) is 0 Å². The van der Waals surface area contributed by atoms with Crippen LogP contribution in [0.1, 0.15) is 30.8 Å². The molecular formula is C10H13ClN2O. The SMILES string of the molecule is CCc1cc(Cl)nc(C2CCOC2)n1. The smallest absolute Gasteiger partial charge is 0.135 e. The lowest BCUT2D eigenvalue weighted by atomic mass is 10.1. The highest BCUT2D eigenvalue weighted by molar-refractivity contribution is 6.29. The van der Waals surface area contributed by atoms with Crippen molar-refractivity contribution in [2.45, 2.75) is 25.7 Å². The van der Waals surface area contributed by atoms with E-state index in [1.807, 2.05) is 6.07 Å². The molecule has 0 aromatic carbocycles. The molecule has 76 valence electrons. The van der Waals surface area contributed by atoms with E-state index < -0.39 is 0 Å². The fraction of sp³-hybridized carbons (Fsp3) is 0.600. The Balaban J connectivity index is 2.27.